The van der Waals surface area contributed by atoms with E-state index in [1.54, 1.807) is 6.92 Å². The molecule has 2 aromatic heterocycles. The summed E-state index contributed by atoms with van der Waals surface area (Å²) in [5, 5.41) is 3.41. The number of alkyl halides is 3. The van der Waals surface area contributed by atoms with Crippen LogP contribution in [-0.4, -0.2) is 19.7 Å². The second-order valence-electron chi connectivity index (χ2n) is 3.24. The van der Waals surface area contributed by atoms with Crippen molar-refractivity contribution in [3.63, 3.8) is 0 Å². The van der Waals surface area contributed by atoms with Gasteiger partial charge in [0.15, 0.2) is 11.5 Å². The second-order valence-corrected chi connectivity index (χ2v) is 4.05. The summed E-state index contributed by atoms with van der Waals surface area (Å²) in [7, 11) is 0. The largest absolute Gasteiger partial charge is 0.435 e. The van der Waals surface area contributed by atoms with Crippen molar-refractivity contribution in [2.24, 2.45) is 0 Å². The van der Waals surface area contributed by atoms with Gasteiger partial charge < -0.3 is 0 Å². The van der Waals surface area contributed by atoms with E-state index in [1.165, 1.54) is 12.3 Å². The van der Waals surface area contributed by atoms with E-state index in [0.29, 0.717) is 10.4 Å². The third-order valence-electron chi connectivity index (χ3n) is 1.91. The monoisotopic (exact) mass is 306 g/mol. The molecule has 0 fully saturated rings. The predicted molar refractivity (Wildman–Crippen MR) is 56.6 cm³/mol. The molecule has 0 unspecified atom stereocenters. The van der Waals surface area contributed by atoms with Crippen molar-refractivity contribution in [1.29, 1.82) is 0 Å². The molecule has 0 N–H and O–H groups in total. The molecule has 0 aliphatic carbocycles. The first kappa shape index (κ1) is 12.0. The van der Waals surface area contributed by atoms with Crippen LogP contribution in [-0.2, 0) is 6.18 Å². The molecule has 0 aliphatic heterocycles. The topological polar surface area (TPSA) is 43.6 Å². The fourth-order valence-electron chi connectivity index (χ4n) is 1.24. The summed E-state index contributed by atoms with van der Waals surface area (Å²) in [6.07, 6.45) is -3.25. The van der Waals surface area contributed by atoms with E-state index in [4.69, 9.17) is 0 Å². The Labute approximate surface area is 103 Å². The zero-order chi connectivity index (χ0) is 12.6. The van der Waals surface area contributed by atoms with Gasteiger partial charge in [0.05, 0.1) is 0 Å². The summed E-state index contributed by atoms with van der Waals surface area (Å²) < 4.78 is 38.6. The second kappa shape index (κ2) is 4.10. The van der Waals surface area contributed by atoms with E-state index in [1.807, 2.05) is 0 Å². The van der Waals surface area contributed by atoms with Crippen molar-refractivity contribution in [3.8, 4) is 5.82 Å². The van der Waals surface area contributed by atoms with Crippen LogP contribution in [0.4, 0.5) is 13.2 Å². The maximum atomic E-state index is 12.4. The molecule has 0 aromatic carbocycles. The van der Waals surface area contributed by atoms with Gasteiger partial charge in [-0.15, -0.1) is 0 Å². The van der Waals surface area contributed by atoms with Crippen LogP contribution in [0.3, 0.4) is 0 Å². The lowest BCUT2D eigenvalue weighted by Gasteiger charge is -2.03. The highest BCUT2D eigenvalue weighted by atomic mass is 79.9. The van der Waals surface area contributed by atoms with Crippen LogP contribution in [0, 0.1) is 6.92 Å². The minimum atomic E-state index is -4.45. The van der Waals surface area contributed by atoms with E-state index in [2.05, 4.69) is 31.0 Å². The van der Waals surface area contributed by atoms with E-state index >= 15 is 0 Å². The maximum Gasteiger partial charge on any atom is 0.435 e. The zero-order valence-corrected chi connectivity index (χ0v) is 10.1. The molecule has 17 heavy (non-hydrogen) atoms. The third-order valence-corrected chi connectivity index (χ3v) is 2.31. The Kier molecular flexibility index (Phi) is 2.90. The van der Waals surface area contributed by atoms with Crippen molar-refractivity contribution >= 4 is 15.9 Å². The average molecular weight is 307 g/mol. The molecule has 0 saturated carbocycles. The van der Waals surface area contributed by atoms with Crippen LogP contribution in [0.1, 0.15) is 11.5 Å². The van der Waals surface area contributed by atoms with Crippen molar-refractivity contribution in [2.75, 3.05) is 0 Å². The molecule has 4 nitrogen and oxygen atoms in total. The normalized spacial score (nSPS) is 11.8. The first-order valence-corrected chi connectivity index (χ1v) is 5.30. The highest BCUT2D eigenvalue weighted by Crippen LogP contribution is 2.27. The molecule has 2 heterocycles. The van der Waals surface area contributed by atoms with Gasteiger partial charge in [-0.25, -0.2) is 14.6 Å². The van der Waals surface area contributed by atoms with Gasteiger partial charge >= 0.3 is 6.18 Å². The van der Waals surface area contributed by atoms with E-state index in [-0.39, 0.29) is 5.82 Å². The van der Waals surface area contributed by atoms with Crippen molar-refractivity contribution in [3.05, 3.63) is 34.5 Å². The van der Waals surface area contributed by atoms with Gasteiger partial charge in [0.25, 0.3) is 0 Å². The zero-order valence-electron chi connectivity index (χ0n) is 8.53. The lowest BCUT2D eigenvalue weighted by atomic mass is 10.4. The van der Waals surface area contributed by atoms with Crippen molar-refractivity contribution in [2.45, 2.75) is 13.1 Å². The molecular formula is C9H6BrF3N4. The Bertz CT molecular complexity index is 529. The molecule has 8 heteroatoms. The highest BCUT2D eigenvalue weighted by Gasteiger charge is 2.33. The van der Waals surface area contributed by atoms with Gasteiger partial charge in [0.2, 0.25) is 0 Å². The molecule has 2 aromatic rings. The Morgan fingerprint density at radius 1 is 1.29 bits per heavy atom. The van der Waals surface area contributed by atoms with E-state index < -0.39 is 11.9 Å². The van der Waals surface area contributed by atoms with Crippen LogP contribution >= 0.6 is 15.9 Å². The van der Waals surface area contributed by atoms with Crippen LogP contribution < -0.4 is 0 Å². The fourth-order valence-corrected chi connectivity index (χ4v) is 1.70. The number of halogens is 4. The number of hydrogen-bond donors (Lipinski definition) is 0. The quantitative estimate of drug-likeness (QED) is 0.761. The van der Waals surface area contributed by atoms with Gasteiger partial charge in [0, 0.05) is 12.3 Å². The van der Waals surface area contributed by atoms with Gasteiger partial charge in [-0.1, -0.05) is 0 Å². The summed E-state index contributed by atoms with van der Waals surface area (Å²) in [6, 6.07) is 2.38. The summed E-state index contributed by atoms with van der Waals surface area (Å²) in [5.74, 6) is 0.721. The number of nitrogens with zero attached hydrogens (tertiary/aromatic N) is 4. The lowest BCUT2D eigenvalue weighted by molar-refractivity contribution is -0.141. The molecule has 0 saturated heterocycles. The van der Waals surface area contributed by atoms with E-state index in [9.17, 15) is 13.2 Å². The van der Waals surface area contributed by atoms with Crippen LogP contribution in [0.5, 0.6) is 0 Å². The first-order valence-electron chi connectivity index (χ1n) is 4.51. The smallest absolute Gasteiger partial charge is 0.226 e. The Hall–Kier alpha value is -1.44. The Morgan fingerprint density at radius 2 is 2.00 bits per heavy atom. The molecule has 0 bridgehead atoms. The number of rotatable bonds is 1. The summed E-state index contributed by atoms with van der Waals surface area (Å²) in [6.45, 7) is 1.64. The summed E-state index contributed by atoms with van der Waals surface area (Å²) >= 11 is 3.14. The Balaban J connectivity index is 2.44. The fraction of sp³-hybridized carbons (Fsp3) is 0.222. The molecule has 2 rings (SSSR count). The average Bonchev–Trinajstić information content (AvgIpc) is 2.63. The van der Waals surface area contributed by atoms with Gasteiger partial charge in [-0.2, -0.15) is 18.3 Å². The van der Waals surface area contributed by atoms with Gasteiger partial charge in [-0.05, 0) is 28.9 Å². The summed E-state index contributed by atoms with van der Waals surface area (Å²) in [5.41, 5.74) is -0.954. The minimum absolute atomic E-state index is 0.278. The molecule has 0 radical (unpaired) electrons. The van der Waals surface area contributed by atoms with Crippen LogP contribution in [0.25, 0.3) is 5.82 Å². The Morgan fingerprint density at radius 3 is 2.53 bits per heavy atom. The highest BCUT2D eigenvalue weighted by molar-refractivity contribution is 9.10. The molecule has 0 amide bonds. The van der Waals surface area contributed by atoms with Gasteiger partial charge in [-0.3, -0.25) is 0 Å². The van der Waals surface area contributed by atoms with E-state index in [0.717, 1.165) is 10.7 Å². The number of aromatic nitrogens is 4. The SMILES string of the molecule is Cc1nc(Br)cc(-n2ccc(C(F)(F)F)n2)n1. The van der Waals surface area contributed by atoms with Crippen LogP contribution in [0.2, 0.25) is 0 Å². The molecule has 90 valence electrons. The maximum absolute atomic E-state index is 12.4. The standard InChI is InChI=1S/C9H6BrF3N4/c1-5-14-7(10)4-8(15-5)17-3-2-6(16-17)9(11,12)13/h2-4H,1H3. The van der Waals surface area contributed by atoms with Crippen molar-refractivity contribution in [1.82, 2.24) is 19.7 Å². The summed E-state index contributed by atoms with van der Waals surface area (Å²) in [4.78, 5) is 7.95. The number of hydrogen-bond acceptors (Lipinski definition) is 3. The third kappa shape index (κ3) is 2.63. The number of aryl methyl sites for hydroxylation is 1. The lowest BCUT2D eigenvalue weighted by Crippen LogP contribution is -2.08. The van der Waals surface area contributed by atoms with Crippen molar-refractivity contribution < 1.29 is 13.2 Å². The molecule has 0 atom stereocenters. The molecule has 0 aliphatic rings. The molecule has 0 spiro atoms. The van der Waals surface area contributed by atoms with Gasteiger partial charge in [0.1, 0.15) is 10.4 Å². The first-order chi connectivity index (χ1) is 7.86. The minimum Gasteiger partial charge on any atom is -0.226 e. The van der Waals surface area contributed by atoms with Crippen LogP contribution in [0.15, 0.2) is 22.9 Å². The molecular weight excluding hydrogens is 301 g/mol. The predicted octanol–water partition coefficient (Wildman–Crippen LogP) is 2.75.